The first-order valence-corrected chi connectivity index (χ1v) is 10.3. The minimum absolute atomic E-state index is 0.359. The van der Waals surface area contributed by atoms with Gasteiger partial charge in [0.2, 0.25) is 0 Å². The summed E-state index contributed by atoms with van der Waals surface area (Å²) in [5.41, 5.74) is 1.16. The van der Waals surface area contributed by atoms with Crippen LogP contribution in [0.25, 0.3) is 10.8 Å². The zero-order chi connectivity index (χ0) is 16.4. The maximum absolute atomic E-state index is 12.6. The standard InChI is InChI=1S/C17H16BrNO2S2/c1-19(23(20,21)17-16(18)10-12-22-17)11-9-14-7-4-6-13-5-2-3-8-15(13)14/h2-8,10,12H,9,11H2,1H3. The predicted molar refractivity (Wildman–Crippen MR) is 99.5 cm³/mol. The molecule has 0 amide bonds. The lowest BCUT2D eigenvalue weighted by molar-refractivity contribution is 0.474. The van der Waals surface area contributed by atoms with Crippen molar-refractivity contribution in [3.63, 3.8) is 0 Å². The number of fused-ring (bicyclic) bond motifs is 1. The summed E-state index contributed by atoms with van der Waals surface area (Å²) in [7, 11) is -1.81. The molecule has 0 saturated carbocycles. The number of halogens is 1. The van der Waals surface area contributed by atoms with Gasteiger partial charge in [-0.25, -0.2) is 8.42 Å². The van der Waals surface area contributed by atoms with Crippen LogP contribution in [0.5, 0.6) is 0 Å². The number of thiophene rings is 1. The number of benzene rings is 2. The maximum atomic E-state index is 12.6. The van der Waals surface area contributed by atoms with Crippen LogP contribution >= 0.6 is 27.3 Å². The van der Waals surface area contributed by atoms with Crippen molar-refractivity contribution in [1.82, 2.24) is 4.31 Å². The Hall–Kier alpha value is -1.21. The van der Waals surface area contributed by atoms with Gasteiger partial charge in [0, 0.05) is 18.1 Å². The van der Waals surface area contributed by atoms with E-state index in [-0.39, 0.29) is 0 Å². The second-order valence-corrected chi connectivity index (χ2v) is 9.28. The number of sulfonamides is 1. The van der Waals surface area contributed by atoms with E-state index in [1.165, 1.54) is 26.4 Å². The van der Waals surface area contributed by atoms with Crippen LogP contribution in [-0.2, 0) is 16.4 Å². The van der Waals surface area contributed by atoms with Gasteiger partial charge >= 0.3 is 0 Å². The highest BCUT2D eigenvalue weighted by molar-refractivity contribution is 9.10. The molecule has 120 valence electrons. The van der Waals surface area contributed by atoms with E-state index < -0.39 is 10.0 Å². The zero-order valence-electron chi connectivity index (χ0n) is 12.6. The lowest BCUT2D eigenvalue weighted by Gasteiger charge is -2.17. The Morgan fingerprint density at radius 2 is 1.83 bits per heavy atom. The largest absolute Gasteiger partial charge is 0.253 e. The molecule has 0 spiro atoms. The molecule has 0 fully saturated rings. The average molecular weight is 410 g/mol. The molecule has 0 N–H and O–H groups in total. The molecule has 1 aromatic heterocycles. The molecule has 0 aliphatic rings. The molecular formula is C17H16BrNO2S2. The molecule has 0 saturated heterocycles. The number of likely N-dealkylation sites (N-methyl/N-ethyl adjacent to an activating group) is 1. The monoisotopic (exact) mass is 409 g/mol. The first-order chi connectivity index (χ1) is 11.0. The van der Waals surface area contributed by atoms with Gasteiger partial charge in [-0.15, -0.1) is 11.3 Å². The third-order valence-electron chi connectivity index (χ3n) is 3.81. The van der Waals surface area contributed by atoms with Crippen molar-refractivity contribution in [2.24, 2.45) is 0 Å². The fourth-order valence-corrected chi connectivity index (χ4v) is 6.19. The minimum Gasteiger partial charge on any atom is -0.206 e. The van der Waals surface area contributed by atoms with Crippen molar-refractivity contribution in [2.45, 2.75) is 10.6 Å². The van der Waals surface area contributed by atoms with Crippen LogP contribution < -0.4 is 0 Å². The van der Waals surface area contributed by atoms with Gasteiger partial charge in [0.25, 0.3) is 10.0 Å². The Morgan fingerprint density at radius 1 is 1.09 bits per heavy atom. The lowest BCUT2D eigenvalue weighted by atomic mass is 10.0. The van der Waals surface area contributed by atoms with Crippen LogP contribution in [0.2, 0.25) is 0 Å². The Balaban J connectivity index is 1.81. The van der Waals surface area contributed by atoms with Gasteiger partial charge in [0.05, 0.1) is 0 Å². The third-order valence-corrected chi connectivity index (χ3v) is 8.31. The molecule has 23 heavy (non-hydrogen) atoms. The van der Waals surface area contributed by atoms with E-state index in [9.17, 15) is 8.42 Å². The maximum Gasteiger partial charge on any atom is 0.253 e. The van der Waals surface area contributed by atoms with Gasteiger partial charge in [0.1, 0.15) is 4.21 Å². The highest BCUT2D eigenvalue weighted by Gasteiger charge is 2.24. The van der Waals surface area contributed by atoms with Gasteiger partial charge in [-0.3, -0.25) is 0 Å². The fourth-order valence-electron chi connectivity index (χ4n) is 2.51. The van der Waals surface area contributed by atoms with Crippen molar-refractivity contribution < 1.29 is 8.42 Å². The Kier molecular flexibility index (Phi) is 4.87. The smallest absolute Gasteiger partial charge is 0.206 e. The van der Waals surface area contributed by atoms with E-state index in [0.717, 1.165) is 5.56 Å². The molecule has 0 unspecified atom stereocenters. The van der Waals surface area contributed by atoms with E-state index in [0.29, 0.717) is 21.6 Å². The lowest BCUT2D eigenvalue weighted by Crippen LogP contribution is -2.28. The molecule has 0 atom stereocenters. The topological polar surface area (TPSA) is 37.4 Å². The molecule has 3 nitrogen and oxygen atoms in total. The molecular weight excluding hydrogens is 394 g/mol. The molecule has 1 heterocycles. The second-order valence-electron chi connectivity index (χ2n) is 5.27. The van der Waals surface area contributed by atoms with Crippen LogP contribution in [-0.4, -0.2) is 26.3 Å². The van der Waals surface area contributed by atoms with Gasteiger partial charge in [-0.1, -0.05) is 42.5 Å². The summed E-state index contributed by atoms with van der Waals surface area (Å²) in [5, 5.41) is 4.13. The summed E-state index contributed by atoms with van der Waals surface area (Å²) in [6.07, 6.45) is 0.681. The van der Waals surface area contributed by atoms with Gasteiger partial charge in [-0.05, 0) is 50.1 Å². The van der Waals surface area contributed by atoms with Crippen molar-refractivity contribution in [1.29, 1.82) is 0 Å². The molecule has 3 rings (SSSR count). The summed E-state index contributed by atoms with van der Waals surface area (Å²) >= 11 is 4.54. The summed E-state index contributed by atoms with van der Waals surface area (Å²) in [6.45, 7) is 0.445. The van der Waals surface area contributed by atoms with Crippen molar-refractivity contribution in [2.75, 3.05) is 13.6 Å². The van der Waals surface area contributed by atoms with Crippen LogP contribution in [0.3, 0.4) is 0 Å². The molecule has 2 aromatic carbocycles. The van der Waals surface area contributed by atoms with E-state index in [4.69, 9.17) is 0 Å². The molecule has 0 bridgehead atoms. The van der Waals surface area contributed by atoms with Crippen LogP contribution in [0.1, 0.15) is 5.56 Å². The molecule has 0 radical (unpaired) electrons. The summed E-state index contributed by atoms with van der Waals surface area (Å²) in [4.78, 5) is 0. The number of nitrogens with zero attached hydrogens (tertiary/aromatic N) is 1. The van der Waals surface area contributed by atoms with Crippen LogP contribution in [0.15, 0.2) is 62.6 Å². The third kappa shape index (κ3) is 3.35. The number of hydrogen-bond donors (Lipinski definition) is 0. The quantitative estimate of drug-likeness (QED) is 0.620. The first kappa shape index (κ1) is 16.6. The normalized spacial score (nSPS) is 12.1. The van der Waals surface area contributed by atoms with Crippen LogP contribution in [0, 0.1) is 0 Å². The summed E-state index contributed by atoms with van der Waals surface area (Å²) < 4.78 is 27.6. The molecule has 3 aromatic rings. The minimum atomic E-state index is -3.44. The molecule has 0 aliphatic heterocycles. The first-order valence-electron chi connectivity index (χ1n) is 7.16. The van der Waals surface area contributed by atoms with E-state index in [2.05, 4.69) is 40.2 Å². The Labute approximate surface area is 148 Å². The zero-order valence-corrected chi connectivity index (χ0v) is 15.8. The fraction of sp³-hybridized carbons (Fsp3) is 0.176. The Bertz CT molecular complexity index is 929. The van der Waals surface area contributed by atoms with E-state index in [1.54, 1.807) is 18.5 Å². The van der Waals surface area contributed by atoms with Crippen molar-refractivity contribution in [3.8, 4) is 0 Å². The predicted octanol–water partition coefficient (Wildman–Crippen LogP) is 4.53. The highest BCUT2D eigenvalue weighted by atomic mass is 79.9. The number of rotatable bonds is 5. The average Bonchev–Trinajstić information content (AvgIpc) is 2.99. The highest BCUT2D eigenvalue weighted by Crippen LogP contribution is 2.30. The molecule has 6 heteroatoms. The van der Waals surface area contributed by atoms with E-state index >= 15 is 0 Å². The SMILES string of the molecule is CN(CCc1cccc2ccccc12)S(=O)(=O)c1sccc1Br. The second kappa shape index (κ2) is 6.73. The number of hydrogen-bond acceptors (Lipinski definition) is 3. The molecule has 0 aliphatic carbocycles. The van der Waals surface area contributed by atoms with Gasteiger partial charge in [-0.2, -0.15) is 4.31 Å². The van der Waals surface area contributed by atoms with Crippen molar-refractivity contribution >= 4 is 48.1 Å². The Morgan fingerprint density at radius 3 is 2.57 bits per heavy atom. The van der Waals surface area contributed by atoms with Crippen molar-refractivity contribution in [3.05, 3.63) is 63.9 Å². The summed E-state index contributed by atoms with van der Waals surface area (Å²) in [6, 6.07) is 16.1. The van der Waals surface area contributed by atoms with Gasteiger partial charge in [0.15, 0.2) is 0 Å². The summed E-state index contributed by atoms with van der Waals surface area (Å²) in [5.74, 6) is 0. The van der Waals surface area contributed by atoms with Crippen LogP contribution in [0.4, 0.5) is 0 Å². The van der Waals surface area contributed by atoms with Gasteiger partial charge < -0.3 is 0 Å². The van der Waals surface area contributed by atoms with E-state index in [1.807, 2.05) is 18.2 Å².